The molecule has 0 saturated heterocycles. The standard InChI is InChI=1S/C13H15BrO2/c1-16-12-5-4-10(13(14)8-12)7-11(15)6-9-2-3-9/h4-5,8-9H,2-3,6-7H2,1H3. The van der Waals surface area contributed by atoms with Crippen LogP contribution in [0.25, 0.3) is 0 Å². The SMILES string of the molecule is COc1ccc(CC(=O)CC2CC2)c(Br)c1. The van der Waals surface area contributed by atoms with E-state index in [0.29, 0.717) is 18.1 Å². The number of Topliss-reactive ketones (excluding diaryl/α,β-unsaturated/α-hetero) is 1. The molecule has 1 aromatic carbocycles. The van der Waals surface area contributed by atoms with Crippen molar-refractivity contribution in [2.45, 2.75) is 25.7 Å². The highest BCUT2D eigenvalue weighted by molar-refractivity contribution is 9.10. The number of hydrogen-bond donors (Lipinski definition) is 0. The third kappa shape index (κ3) is 3.08. The fourth-order valence-electron chi connectivity index (χ4n) is 1.73. The maximum absolute atomic E-state index is 11.7. The maximum Gasteiger partial charge on any atom is 0.137 e. The molecule has 0 aromatic heterocycles. The van der Waals surface area contributed by atoms with Crippen molar-refractivity contribution in [3.8, 4) is 5.75 Å². The summed E-state index contributed by atoms with van der Waals surface area (Å²) in [6.07, 6.45) is 3.74. The van der Waals surface area contributed by atoms with Crippen molar-refractivity contribution < 1.29 is 9.53 Å². The molecule has 1 fully saturated rings. The summed E-state index contributed by atoms with van der Waals surface area (Å²) in [6.45, 7) is 0. The lowest BCUT2D eigenvalue weighted by atomic mass is 10.1. The van der Waals surface area contributed by atoms with Crippen LogP contribution in [0, 0.1) is 5.92 Å². The van der Waals surface area contributed by atoms with E-state index in [2.05, 4.69) is 15.9 Å². The Hall–Kier alpha value is -0.830. The number of benzene rings is 1. The zero-order valence-corrected chi connectivity index (χ0v) is 10.9. The van der Waals surface area contributed by atoms with Gasteiger partial charge in [-0.05, 0) is 36.5 Å². The summed E-state index contributed by atoms with van der Waals surface area (Å²) < 4.78 is 6.07. The van der Waals surface area contributed by atoms with Crippen molar-refractivity contribution in [3.63, 3.8) is 0 Å². The van der Waals surface area contributed by atoms with Crippen molar-refractivity contribution in [1.82, 2.24) is 0 Å². The molecular weight excluding hydrogens is 268 g/mol. The third-order valence-electron chi connectivity index (χ3n) is 2.86. The maximum atomic E-state index is 11.7. The fraction of sp³-hybridized carbons (Fsp3) is 0.462. The zero-order chi connectivity index (χ0) is 11.5. The molecule has 1 aliphatic rings. The van der Waals surface area contributed by atoms with E-state index in [-0.39, 0.29) is 0 Å². The monoisotopic (exact) mass is 282 g/mol. The minimum Gasteiger partial charge on any atom is -0.497 e. The van der Waals surface area contributed by atoms with Crippen LogP contribution in [0.1, 0.15) is 24.8 Å². The number of ether oxygens (including phenoxy) is 1. The summed E-state index contributed by atoms with van der Waals surface area (Å²) >= 11 is 3.47. The highest BCUT2D eigenvalue weighted by Gasteiger charge is 2.24. The quantitative estimate of drug-likeness (QED) is 0.828. The molecular formula is C13H15BrO2. The average molecular weight is 283 g/mol. The molecule has 0 heterocycles. The molecule has 0 radical (unpaired) electrons. The van der Waals surface area contributed by atoms with Crippen LogP contribution in [0.15, 0.2) is 22.7 Å². The third-order valence-corrected chi connectivity index (χ3v) is 3.60. The Labute approximate surface area is 104 Å². The number of carbonyl (C=O) groups excluding carboxylic acids is 1. The molecule has 0 amide bonds. The topological polar surface area (TPSA) is 26.3 Å². The molecule has 0 aliphatic heterocycles. The van der Waals surface area contributed by atoms with Gasteiger partial charge in [-0.25, -0.2) is 0 Å². The molecule has 0 atom stereocenters. The molecule has 3 heteroatoms. The van der Waals surface area contributed by atoms with Crippen molar-refractivity contribution in [3.05, 3.63) is 28.2 Å². The molecule has 16 heavy (non-hydrogen) atoms. The highest BCUT2D eigenvalue weighted by atomic mass is 79.9. The summed E-state index contributed by atoms with van der Waals surface area (Å²) in [7, 11) is 1.64. The lowest BCUT2D eigenvalue weighted by molar-refractivity contribution is -0.118. The van der Waals surface area contributed by atoms with Gasteiger partial charge >= 0.3 is 0 Å². The van der Waals surface area contributed by atoms with E-state index in [1.807, 2.05) is 18.2 Å². The highest BCUT2D eigenvalue weighted by Crippen LogP contribution is 2.33. The van der Waals surface area contributed by atoms with Crippen LogP contribution in [0.3, 0.4) is 0 Å². The molecule has 1 aromatic rings. The van der Waals surface area contributed by atoms with Gasteiger partial charge in [0, 0.05) is 17.3 Å². The van der Waals surface area contributed by atoms with Gasteiger partial charge in [-0.2, -0.15) is 0 Å². The Morgan fingerprint density at radius 2 is 2.25 bits per heavy atom. The predicted octanol–water partition coefficient (Wildman–Crippen LogP) is 3.37. The average Bonchev–Trinajstić information content (AvgIpc) is 3.05. The summed E-state index contributed by atoms with van der Waals surface area (Å²) in [5, 5.41) is 0. The van der Waals surface area contributed by atoms with Crippen LogP contribution in [0.2, 0.25) is 0 Å². The number of ketones is 1. The van der Waals surface area contributed by atoms with Gasteiger partial charge in [-0.15, -0.1) is 0 Å². The number of carbonyl (C=O) groups is 1. The van der Waals surface area contributed by atoms with E-state index in [1.165, 1.54) is 12.8 Å². The van der Waals surface area contributed by atoms with Gasteiger partial charge in [0.15, 0.2) is 0 Å². The van der Waals surface area contributed by atoms with Gasteiger partial charge < -0.3 is 4.74 Å². The van der Waals surface area contributed by atoms with E-state index < -0.39 is 0 Å². The van der Waals surface area contributed by atoms with E-state index in [0.717, 1.165) is 22.2 Å². The first-order valence-electron chi connectivity index (χ1n) is 5.53. The summed E-state index contributed by atoms with van der Waals surface area (Å²) in [5.74, 6) is 1.82. The Bertz CT molecular complexity index is 397. The van der Waals surface area contributed by atoms with E-state index in [1.54, 1.807) is 7.11 Å². The number of methoxy groups -OCH3 is 1. The second kappa shape index (κ2) is 5.00. The molecule has 0 spiro atoms. The predicted molar refractivity (Wildman–Crippen MR) is 66.7 cm³/mol. The molecule has 0 bridgehead atoms. The normalized spacial score (nSPS) is 14.9. The van der Waals surface area contributed by atoms with E-state index >= 15 is 0 Å². The number of rotatable bonds is 5. The van der Waals surface area contributed by atoms with Crippen LogP contribution in [-0.2, 0) is 11.2 Å². The van der Waals surface area contributed by atoms with Crippen LogP contribution < -0.4 is 4.74 Å². The van der Waals surface area contributed by atoms with Gasteiger partial charge in [0.25, 0.3) is 0 Å². The number of halogens is 1. The largest absolute Gasteiger partial charge is 0.497 e. The first-order chi connectivity index (χ1) is 7.69. The lowest BCUT2D eigenvalue weighted by Crippen LogP contribution is -2.04. The van der Waals surface area contributed by atoms with Gasteiger partial charge in [0.1, 0.15) is 11.5 Å². The van der Waals surface area contributed by atoms with Gasteiger partial charge in [0.2, 0.25) is 0 Å². The minimum absolute atomic E-state index is 0.341. The summed E-state index contributed by atoms with van der Waals surface area (Å²) in [5.41, 5.74) is 1.05. The minimum atomic E-state index is 0.341. The van der Waals surface area contributed by atoms with Crippen LogP contribution in [0.5, 0.6) is 5.75 Å². The second-order valence-corrected chi connectivity index (χ2v) is 5.17. The fourth-order valence-corrected chi connectivity index (χ4v) is 2.22. The Kier molecular flexibility index (Phi) is 3.64. The van der Waals surface area contributed by atoms with Crippen molar-refractivity contribution in [1.29, 1.82) is 0 Å². The van der Waals surface area contributed by atoms with Crippen LogP contribution in [0.4, 0.5) is 0 Å². The number of hydrogen-bond acceptors (Lipinski definition) is 2. The van der Waals surface area contributed by atoms with Crippen molar-refractivity contribution in [2.24, 2.45) is 5.92 Å². The van der Waals surface area contributed by atoms with E-state index in [4.69, 9.17) is 4.74 Å². The summed E-state index contributed by atoms with van der Waals surface area (Å²) in [6, 6.07) is 5.75. The van der Waals surface area contributed by atoms with Crippen LogP contribution in [-0.4, -0.2) is 12.9 Å². The molecule has 0 unspecified atom stereocenters. The Balaban J connectivity index is 1.99. The first-order valence-corrected chi connectivity index (χ1v) is 6.32. The molecule has 2 nitrogen and oxygen atoms in total. The summed E-state index contributed by atoms with van der Waals surface area (Å²) in [4.78, 5) is 11.7. The zero-order valence-electron chi connectivity index (χ0n) is 9.33. The molecule has 1 aliphatic carbocycles. The van der Waals surface area contributed by atoms with E-state index in [9.17, 15) is 4.79 Å². The van der Waals surface area contributed by atoms with Gasteiger partial charge in [-0.1, -0.05) is 22.0 Å². The van der Waals surface area contributed by atoms with Gasteiger partial charge in [-0.3, -0.25) is 4.79 Å². The Morgan fingerprint density at radius 3 is 2.81 bits per heavy atom. The Morgan fingerprint density at radius 1 is 1.50 bits per heavy atom. The molecule has 86 valence electrons. The van der Waals surface area contributed by atoms with Crippen molar-refractivity contribution >= 4 is 21.7 Å². The molecule has 2 rings (SSSR count). The second-order valence-electron chi connectivity index (χ2n) is 4.32. The first kappa shape index (κ1) is 11.6. The lowest BCUT2D eigenvalue weighted by Gasteiger charge is -2.06. The van der Waals surface area contributed by atoms with Crippen molar-refractivity contribution in [2.75, 3.05) is 7.11 Å². The van der Waals surface area contributed by atoms with Crippen LogP contribution >= 0.6 is 15.9 Å². The molecule has 1 saturated carbocycles. The smallest absolute Gasteiger partial charge is 0.137 e. The van der Waals surface area contributed by atoms with Gasteiger partial charge in [0.05, 0.1) is 7.11 Å². The molecule has 0 N–H and O–H groups in total.